The minimum Gasteiger partial charge on any atom is -0.396 e. The van der Waals surface area contributed by atoms with Gasteiger partial charge < -0.3 is 10.4 Å². The summed E-state index contributed by atoms with van der Waals surface area (Å²) in [5.74, 6) is -0.0843. The van der Waals surface area contributed by atoms with E-state index in [1.165, 1.54) is 11.3 Å². The van der Waals surface area contributed by atoms with Crippen molar-refractivity contribution in [3.63, 3.8) is 0 Å². The van der Waals surface area contributed by atoms with Crippen molar-refractivity contribution >= 4 is 17.2 Å². The number of carbonyl (C=O) groups excluding carboxylic acids is 1. The largest absolute Gasteiger partial charge is 0.396 e. The van der Waals surface area contributed by atoms with E-state index < -0.39 is 0 Å². The van der Waals surface area contributed by atoms with Crippen LogP contribution < -0.4 is 5.32 Å². The van der Waals surface area contributed by atoms with Crippen molar-refractivity contribution in [3.8, 4) is 0 Å². The Hall–Kier alpha value is -1.65. The second-order valence-corrected chi connectivity index (χ2v) is 6.11. The maximum Gasteiger partial charge on any atom is 0.252 e. The Morgan fingerprint density at radius 1 is 1.30 bits per heavy atom. The quantitative estimate of drug-likeness (QED) is 0.859. The van der Waals surface area contributed by atoms with Crippen LogP contribution in [0.2, 0.25) is 0 Å². The van der Waals surface area contributed by atoms with Gasteiger partial charge >= 0.3 is 0 Å². The van der Waals surface area contributed by atoms with Gasteiger partial charge in [0.15, 0.2) is 0 Å². The first-order chi connectivity index (χ1) is 9.63. The first-order valence-electron chi connectivity index (χ1n) is 6.58. The third-order valence-corrected chi connectivity index (χ3v) is 4.00. The van der Waals surface area contributed by atoms with E-state index in [-0.39, 0.29) is 17.9 Å². The van der Waals surface area contributed by atoms with Crippen LogP contribution in [0.1, 0.15) is 22.8 Å². The summed E-state index contributed by atoms with van der Waals surface area (Å²) in [7, 11) is 0. The number of hydrogen-bond acceptors (Lipinski definition) is 3. The van der Waals surface area contributed by atoms with Crippen LogP contribution in [0.15, 0.2) is 47.2 Å². The van der Waals surface area contributed by atoms with Crippen molar-refractivity contribution in [2.45, 2.75) is 13.3 Å². The summed E-state index contributed by atoms with van der Waals surface area (Å²) in [6, 6.07) is 11.8. The highest BCUT2D eigenvalue weighted by atomic mass is 32.1. The first kappa shape index (κ1) is 14.8. The maximum atomic E-state index is 11.9. The second-order valence-electron chi connectivity index (χ2n) is 5.33. The number of benzene rings is 1. The van der Waals surface area contributed by atoms with Gasteiger partial charge in [-0.1, -0.05) is 37.3 Å². The van der Waals surface area contributed by atoms with E-state index in [4.69, 9.17) is 0 Å². The molecule has 1 amide bonds. The molecule has 4 heteroatoms. The van der Waals surface area contributed by atoms with E-state index in [2.05, 4.69) is 5.32 Å². The molecule has 0 aliphatic rings. The smallest absolute Gasteiger partial charge is 0.252 e. The molecule has 0 radical (unpaired) electrons. The van der Waals surface area contributed by atoms with Crippen molar-refractivity contribution in [1.29, 1.82) is 0 Å². The molecule has 2 aromatic rings. The lowest BCUT2D eigenvalue weighted by molar-refractivity contribution is 0.0895. The number of hydrogen-bond donors (Lipinski definition) is 2. The predicted molar refractivity (Wildman–Crippen MR) is 82.0 cm³/mol. The predicted octanol–water partition coefficient (Wildman–Crippen LogP) is 2.72. The van der Waals surface area contributed by atoms with E-state index in [1.807, 2.05) is 48.0 Å². The molecule has 2 rings (SSSR count). The summed E-state index contributed by atoms with van der Waals surface area (Å²) in [5, 5.41) is 16.2. The van der Waals surface area contributed by atoms with Crippen LogP contribution in [0.4, 0.5) is 0 Å². The second kappa shape index (κ2) is 6.68. The number of aliphatic hydroxyl groups is 1. The molecular formula is C16H19NO2S. The summed E-state index contributed by atoms with van der Waals surface area (Å²) < 4.78 is 0. The van der Waals surface area contributed by atoms with Crippen molar-refractivity contribution in [1.82, 2.24) is 5.32 Å². The van der Waals surface area contributed by atoms with Gasteiger partial charge in [0.2, 0.25) is 0 Å². The fourth-order valence-electron chi connectivity index (χ4n) is 2.05. The fourth-order valence-corrected chi connectivity index (χ4v) is 2.69. The van der Waals surface area contributed by atoms with Crippen LogP contribution >= 0.6 is 11.3 Å². The maximum absolute atomic E-state index is 11.9. The monoisotopic (exact) mass is 289 g/mol. The van der Waals surface area contributed by atoms with Gasteiger partial charge in [-0.2, -0.15) is 11.3 Å². The van der Waals surface area contributed by atoms with Gasteiger partial charge in [0, 0.05) is 22.9 Å². The summed E-state index contributed by atoms with van der Waals surface area (Å²) in [6.07, 6.45) is 0.730. The zero-order valence-electron chi connectivity index (χ0n) is 11.5. The minimum absolute atomic E-state index is 0.0335. The highest BCUT2D eigenvalue weighted by molar-refractivity contribution is 7.08. The Kier molecular flexibility index (Phi) is 4.93. The molecule has 0 saturated carbocycles. The van der Waals surface area contributed by atoms with Gasteiger partial charge in [0.05, 0.1) is 6.61 Å². The number of amides is 1. The van der Waals surface area contributed by atoms with Gasteiger partial charge in [-0.25, -0.2) is 0 Å². The zero-order chi connectivity index (χ0) is 14.4. The lowest BCUT2D eigenvalue weighted by Gasteiger charge is -2.27. The summed E-state index contributed by atoms with van der Waals surface area (Å²) in [5.41, 5.74) is 1.48. The van der Waals surface area contributed by atoms with Crippen LogP contribution in [0, 0.1) is 5.41 Å². The molecule has 1 heterocycles. The first-order valence-corrected chi connectivity index (χ1v) is 7.52. The molecule has 0 aliphatic heterocycles. The molecular weight excluding hydrogens is 270 g/mol. The molecule has 0 unspecified atom stereocenters. The number of thiophene rings is 1. The van der Waals surface area contributed by atoms with Crippen LogP contribution in [0.5, 0.6) is 0 Å². The average Bonchev–Trinajstić information content (AvgIpc) is 3.00. The van der Waals surface area contributed by atoms with E-state index >= 15 is 0 Å². The van der Waals surface area contributed by atoms with Crippen molar-refractivity contribution in [3.05, 3.63) is 58.3 Å². The molecule has 3 nitrogen and oxygen atoms in total. The molecule has 1 aromatic heterocycles. The summed E-state index contributed by atoms with van der Waals surface area (Å²) in [6.45, 7) is 2.47. The number of carbonyl (C=O) groups is 1. The van der Waals surface area contributed by atoms with Gasteiger partial charge in [-0.3, -0.25) is 4.79 Å². The fraction of sp³-hybridized carbons (Fsp3) is 0.312. The van der Waals surface area contributed by atoms with Crippen LogP contribution in [0.3, 0.4) is 0 Å². The zero-order valence-corrected chi connectivity index (χ0v) is 12.3. The Morgan fingerprint density at radius 3 is 2.65 bits per heavy atom. The van der Waals surface area contributed by atoms with Crippen molar-refractivity contribution in [2.75, 3.05) is 13.2 Å². The van der Waals surface area contributed by atoms with E-state index in [0.29, 0.717) is 12.1 Å². The van der Waals surface area contributed by atoms with Gasteiger partial charge in [-0.15, -0.1) is 0 Å². The van der Waals surface area contributed by atoms with Crippen LogP contribution in [-0.4, -0.2) is 24.2 Å². The molecule has 1 atom stereocenters. The lowest BCUT2D eigenvalue weighted by Crippen LogP contribution is -2.39. The summed E-state index contributed by atoms with van der Waals surface area (Å²) >= 11 is 1.50. The normalized spacial score (nSPS) is 13.7. The lowest BCUT2D eigenvalue weighted by atomic mass is 9.84. The SMILES string of the molecule is C[C@@](CO)(CNC(=O)c1ccsc1)Cc1ccccc1. The van der Waals surface area contributed by atoms with E-state index in [9.17, 15) is 9.90 Å². The van der Waals surface area contributed by atoms with E-state index in [0.717, 1.165) is 12.0 Å². The Morgan fingerprint density at radius 2 is 2.05 bits per heavy atom. The number of aliphatic hydroxyl groups excluding tert-OH is 1. The Bertz CT molecular complexity index is 539. The molecule has 1 aromatic carbocycles. The van der Waals surface area contributed by atoms with Gasteiger partial charge in [0.25, 0.3) is 5.91 Å². The van der Waals surface area contributed by atoms with Crippen LogP contribution in [-0.2, 0) is 6.42 Å². The van der Waals surface area contributed by atoms with Crippen molar-refractivity contribution in [2.24, 2.45) is 5.41 Å². The van der Waals surface area contributed by atoms with Crippen LogP contribution in [0.25, 0.3) is 0 Å². The molecule has 2 N–H and O–H groups in total. The number of rotatable bonds is 6. The molecule has 0 spiro atoms. The molecule has 0 fully saturated rings. The standard InChI is InChI=1S/C16H19NO2S/c1-16(12-18,9-13-5-3-2-4-6-13)11-17-15(19)14-7-8-20-10-14/h2-8,10,18H,9,11-12H2,1H3,(H,17,19)/t16-/m0/s1. The molecule has 0 aliphatic carbocycles. The molecule has 106 valence electrons. The van der Waals surface area contributed by atoms with Gasteiger partial charge in [-0.05, 0) is 23.4 Å². The minimum atomic E-state index is -0.354. The number of nitrogens with one attached hydrogen (secondary N) is 1. The highest BCUT2D eigenvalue weighted by Crippen LogP contribution is 2.21. The topological polar surface area (TPSA) is 49.3 Å². The molecule has 0 saturated heterocycles. The van der Waals surface area contributed by atoms with E-state index in [1.54, 1.807) is 6.07 Å². The molecule has 0 bridgehead atoms. The third kappa shape index (κ3) is 3.92. The van der Waals surface area contributed by atoms with Gasteiger partial charge in [0.1, 0.15) is 0 Å². The average molecular weight is 289 g/mol. The molecule has 20 heavy (non-hydrogen) atoms. The summed E-state index contributed by atoms with van der Waals surface area (Å²) in [4.78, 5) is 11.9. The van der Waals surface area contributed by atoms with Crippen molar-refractivity contribution < 1.29 is 9.90 Å². The Labute approximate surface area is 123 Å². The third-order valence-electron chi connectivity index (χ3n) is 3.31. The highest BCUT2D eigenvalue weighted by Gasteiger charge is 2.25. The Balaban J connectivity index is 1.95.